The third-order valence-corrected chi connectivity index (χ3v) is 3.88. The molecule has 0 aliphatic carbocycles. The van der Waals surface area contributed by atoms with Gasteiger partial charge in [-0.15, -0.1) is 0 Å². The molecule has 0 aliphatic rings. The Morgan fingerprint density at radius 2 is 1.81 bits per heavy atom. The number of nitrogens with one attached hydrogen (secondary N) is 1. The maximum Gasteiger partial charge on any atom is 0.0591 e. The Hall–Kier alpha value is -1.35. The number of methoxy groups -OCH3 is 1. The molecule has 2 nitrogen and oxygen atoms in total. The van der Waals surface area contributed by atoms with Crippen LogP contribution in [-0.2, 0) is 11.2 Å². The van der Waals surface area contributed by atoms with Gasteiger partial charge >= 0.3 is 0 Å². The summed E-state index contributed by atoms with van der Waals surface area (Å²) < 4.78 is 5.12. The standard InChI is InChI=1S/C18H22ClNO/c1-3-20-18(16-6-4-5-7-17(16)19)15-10-8-14(9-11-15)12-13-21-2/h4-11,18,20H,3,12-13H2,1-2H3. The molecule has 1 atom stereocenters. The van der Waals surface area contributed by atoms with Gasteiger partial charge in [-0.3, -0.25) is 0 Å². The highest BCUT2D eigenvalue weighted by Crippen LogP contribution is 2.28. The number of rotatable bonds is 7. The lowest BCUT2D eigenvalue weighted by Gasteiger charge is -2.20. The SMILES string of the molecule is CCNC(c1ccc(CCOC)cc1)c1ccccc1Cl. The van der Waals surface area contributed by atoms with Crippen molar-refractivity contribution in [3.63, 3.8) is 0 Å². The molecule has 0 aliphatic heterocycles. The van der Waals surface area contributed by atoms with Gasteiger partial charge in [0.25, 0.3) is 0 Å². The summed E-state index contributed by atoms with van der Waals surface area (Å²) in [5, 5.41) is 4.31. The summed E-state index contributed by atoms with van der Waals surface area (Å²) >= 11 is 6.35. The Bertz CT molecular complexity index is 553. The molecular weight excluding hydrogens is 282 g/mol. The minimum absolute atomic E-state index is 0.125. The molecule has 2 rings (SSSR count). The third-order valence-electron chi connectivity index (χ3n) is 3.53. The van der Waals surface area contributed by atoms with Crippen molar-refractivity contribution in [2.75, 3.05) is 20.3 Å². The summed E-state index contributed by atoms with van der Waals surface area (Å²) in [6.45, 7) is 3.75. The second-order valence-corrected chi connectivity index (χ2v) is 5.40. The van der Waals surface area contributed by atoms with Gasteiger partial charge in [0, 0.05) is 12.1 Å². The Kier molecular flexibility index (Phi) is 6.24. The molecule has 0 saturated carbocycles. The van der Waals surface area contributed by atoms with E-state index in [0.717, 1.165) is 30.2 Å². The first kappa shape index (κ1) is 16.0. The van der Waals surface area contributed by atoms with E-state index in [1.807, 2.05) is 18.2 Å². The second kappa shape index (κ2) is 8.18. The van der Waals surface area contributed by atoms with E-state index in [0.29, 0.717) is 0 Å². The molecule has 0 fully saturated rings. The largest absolute Gasteiger partial charge is 0.384 e. The fourth-order valence-electron chi connectivity index (χ4n) is 2.42. The second-order valence-electron chi connectivity index (χ2n) is 5.00. The maximum atomic E-state index is 6.35. The molecule has 3 heteroatoms. The van der Waals surface area contributed by atoms with Gasteiger partial charge in [-0.25, -0.2) is 0 Å². The van der Waals surface area contributed by atoms with Crippen LogP contribution in [0.2, 0.25) is 5.02 Å². The summed E-state index contributed by atoms with van der Waals surface area (Å²) in [7, 11) is 1.73. The van der Waals surface area contributed by atoms with E-state index >= 15 is 0 Å². The smallest absolute Gasteiger partial charge is 0.0591 e. The molecular formula is C18H22ClNO. The summed E-state index contributed by atoms with van der Waals surface area (Å²) in [5.41, 5.74) is 3.63. The fourth-order valence-corrected chi connectivity index (χ4v) is 2.66. The lowest BCUT2D eigenvalue weighted by Crippen LogP contribution is -2.22. The normalized spacial score (nSPS) is 12.3. The van der Waals surface area contributed by atoms with E-state index in [1.54, 1.807) is 7.11 Å². The molecule has 0 aromatic heterocycles. The van der Waals surface area contributed by atoms with Crippen LogP contribution in [0.15, 0.2) is 48.5 Å². The minimum atomic E-state index is 0.125. The molecule has 1 N–H and O–H groups in total. The summed E-state index contributed by atoms with van der Waals surface area (Å²) in [6, 6.07) is 16.8. The van der Waals surface area contributed by atoms with Gasteiger partial charge in [-0.2, -0.15) is 0 Å². The average molecular weight is 304 g/mol. The summed E-state index contributed by atoms with van der Waals surface area (Å²) in [4.78, 5) is 0. The number of hydrogen-bond donors (Lipinski definition) is 1. The summed E-state index contributed by atoms with van der Waals surface area (Å²) in [6.07, 6.45) is 0.939. The quantitative estimate of drug-likeness (QED) is 0.826. The predicted octanol–water partition coefficient (Wildman–Crippen LogP) is 4.23. The van der Waals surface area contributed by atoms with Crippen LogP contribution in [0.3, 0.4) is 0 Å². The zero-order valence-corrected chi connectivity index (χ0v) is 13.4. The molecule has 2 aromatic carbocycles. The minimum Gasteiger partial charge on any atom is -0.384 e. The van der Waals surface area contributed by atoms with Crippen molar-refractivity contribution in [3.8, 4) is 0 Å². The molecule has 21 heavy (non-hydrogen) atoms. The van der Waals surface area contributed by atoms with Crippen molar-refractivity contribution < 1.29 is 4.74 Å². The molecule has 112 valence electrons. The van der Waals surface area contributed by atoms with E-state index in [4.69, 9.17) is 16.3 Å². The number of ether oxygens (including phenoxy) is 1. The van der Waals surface area contributed by atoms with Crippen LogP contribution in [0.5, 0.6) is 0 Å². The van der Waals surface area contributed by atoms with Crippen molar-refractivity contribution in [2.45, 2.75) is 19.4 Å². The fraction of sp³-hybridized carbons (Fsp3) is 0.333. The van der Waals surface area contributed by atoms with E-state index in [1.165, 1.54) is 11.1 Å². The molecule has 0 spiro atoms. The van der Waals surface area contributed by atoms with E-state index in [-0.39, 0.29) is 6.04 Å². The first-order valence-corrected chi connectivity index (χ1v) is 7.69. The van der Waals surface area contributed by atoms with Gasteiger partial charge in [0.05, 0.1) is 12.6 Å². The van der Waals surface area contributed by atoms with E-state index < -0.39 is 0 Å². The first-order valence-electron chi connectivity index (χ1n) is 7.31. The van der Waals surface area contributed by atoms with Crippen molar-refractivity contribution >= 4 is 11.6 Å². The van der Waals surface area contributed by atoms with Crippen LogP contribution in [0, 0.1) is 0 Å². The highest BCUT2D eigenvalue weighted by molar-refractivity contribution is 6.31. The Morgan fingerprint density at radius 3 is 2.43 bits per heavy atom. The van der Waals surface area contributed by atoms with Gasteiger partial charge in [-0.1, -0.05) is 61.0 Å². The Labute approximate surface area is 132 Å². The van der Waals surface area contributed by atoms with Crippen LogP contribution in [0.1, 0.15) is 29.7 Å². The Balaban J connectivity index is 2.24. The van der Waals surface area contributed by atoms with Gasteiger partial charge in [0.2, 0.25) is 0 Å². The number of halogens is 1. The van der Waals surface area contributed by atoms with E-state index in [2.05, 4.69) is 42.6 Å². The van der Waals surface area contributed by atoms with Gasteiger partial charge < -0.3 is 10.1 Å². The molecule has 0 amide bonds. The molecule has 0 radical (unpaired) electrons. The van der Waals surface area contributed by atoms with Gasteiger partial charge in [0.15, 0.2) is 0 Å². The van der Waals surface area contributed by atoms with Crippen molar-refractivity contribution in [1.29, 1.82) is 0 Å². The zero-order valence-electron chi connectivity index (χ0n) is 12.6. The molecule has 0 bridgehead atoms. The van der Waals surface area contributed by atoms with Crippen molar-refractivity contribution in [2.24, 2.45) is 0 Å². The van der Waals surface area contributed by atoms with Crippen LogP contribution >= 0.6 is 11.6 Å². The number of hydrogen-bond acceptors (Lipinski definition) is 2. The molecule has 1 unspecified atom stereocenters. The van der Waals surface area contributed by atoms with Crippen LogP contribution in [-0.4, -0.2) is 20.3 Å². The monoisotopic (exact) mass is 303 g/mol. The highest BCUT2D eigenvalue weighted by Gasteiger charge is 2.15. The van der Waals surface area contributed by atoms with Gasteiger partial charge in [0.1, 0.15) is 0 Å². The predicted molar refractivity (Wildman–Crippen MR) is 89.0 cm³/mol. The first-order chi connectivity index (χ1) is 10.3. The van der Waals surface area contributed by atoms with Crippen molar-refractivity contribution in [3.05, 3.63) is 70.2 Å². The van der Waals surface area contributed by atoms with Crippen LogP contribution in [0.25, 0.3) is 0 Å². The Morgan fingerprint density at radius 1 is 1.10 bits per heavy atom. The molecule has 0 heterocycles. The summed E-state index contributed by atoms with van der Waals surface area (Å²) in [5.74, 6) is 0. The average Bonchev–Trinajstić information content (AvgIpc) is 2.52. The van der Waals surface area contributed by atoms with Crippen molar-refractivity contribution in [1.82, 2.24) is 5.32 Å². The maximum absolute atomic E-state index is 6.35. The number of benzene rings is 2. The zero-order chi connectivity index (χ0) is 15.1. The van der Waals surface area contributed by atoms with E-state index in [9.17, 15) is 0 Å². The molecule has 0 saturated heterocycles. The lowest BCUT2D eigenvalue weighted by molar-refractivity contribution is 0.202. The lowest BCUT2D eigenvalue weighted by atomic mass is 9.97. The molecule has 2 aromatic rings. The third kappa shape index (κ3) is 4.31. The highest BCUT2D eigenvalue weighted by atomic mass is 35.5. The van der Waals surface area contributed by atoms with Gasteiger partial charge in [-0.05, 0) is 35.7 Å². The topological polar surface area (TPSA) is 21.3 Å². The van der Waals surface area contributed by atoms with Crippen LogP contribution in [0.4, 0.5) is 0 Å². The van der Waals surface area contributed by atoms with Crippen LogP contribution < -0.4 is 5.32 Å².